The highest BCUT2D eigenvalue weighted by molar-refractivity contribution is 6.08. The maximum absolute atomic E-state index is 11.7. The molecule has 0 bridgehead atoms. The van der Waals surface area contributed by atoms with Crippen LogP contribution in [0.3, 0.4) is 0 Å². The van der Waals surface area contributed by atoms with E-state index in [0.29, 0.717) is 0 Å². The number of nitro benzene ring substituents is 1. The number of esters is 1. The first kappa shape index (κ1) is 16.0. The minimum atomic E-state index is -0.654. The molecule has 0 aliphatic rings. The molecule has 0 atom stereocenters. The van der Waals surface area contributed by atoms with E-state index in [1.165, 1.54) is 25.3 Å². The van der Waals surface area contributed by atoms with Crippen molar-refractivity contribution < 1.29 is 24.0 Å². The minimum Gasteiger partial charge on any atom is -0.468 e. The highest BCUT2D eigenvalue weighted by Gasteiger charge is 2.10. The number of hydrogen-bond donors (Lipinski definition) is 1. The molecule has 0 heterocycles. The van der Waals surface area contributed by atoms with Crippen molar-refractivity contribution in [2.75, 3.05) is 13.7 Å². The molecule has 0 aliphatic carbocycles. The number of non-ortho nitro benzene ring substituents is 1. The van der Waals surface area contributed by atoms with Crippen molar-refractivity contribution in [3.63, 3.8) is 0 Å². The van der Waals surface area contributed by atoms with Crippen LogP contribution in [0.2, 0.25) is 0 Å². The average Bonchev–Trinajstić information content (AvgIpc) is 2.50. The van der Waals surface area contributed by atoms with E-state index < -0.39 is 22.6 Å². The summed E-state index contributed by atoms with van der Waals surface area (Å²) in [6.45, 7) is -0.315. The molecule has 1 aromatic rings. The normalized spacial score (nSPS) is 10.1. The molecule has 0 radical (unpaired) electrons. The monoisotopic (exact) mass is 292 g/mol. The number of allylic oxidation sites excluding steroid dienone is 1. The predicted molar refractivity (Wildman–Crippen MR) is 71.6 cm³/mol. The van der Waals surface area contributed by atoms with Crippen molar-refractivity contribution in [2.24, 2.45) is 0 Å². The molecule has 0 saturated heterocycles. The van der Waals surface area contributed by atoms with Crippen molar-refractivity contribution >= 4 is 23.3 Å². The van der Waals surface area contributed by atoms with E-state index in [-0.39, 0.29) is 17.8 Å². The van der Waals surface area contributed by atoms with E-state index in [1.807, 2.05) is 0 Å². The van der Waals surface area contributed by atoms with Gasteiger partial charge in [-0.3, -0.25) is 24.5 Å². The average molecular weight is 292 g/mol. The van der Waals surface area contributed by atoms with Crippen LogP contribution in [0, 0.1) is 10.1 Å². The van der Waals surface area contributed by atoms with Gasteiger partial charge in [0.05, 0.1) is 12.0 Å². The highest BCUT2D eigenvalue weighted by Crippen LogP contribution is 2.13. The van der Waals surface area contributed by atoms with Gasteiger partial charge in [-0.15, -0.1) is 0 Å². The first-order valence-electron chi connectivity index (χ1n) is 5.75. The topological polar surface area (TPSA) is 116 Å². The Balaban J connectivity index is 2.66. The van der Waals surface area contributed by atoms with Gasteiger partial charge in [0.15, 0.2) is 5.78 Å². The summed E-state index contributed by atoms with van der Waals surface area (Å²) >= 11 is 0. The molecule has 1 N–H and O–H groups in total. The van der Waals surface area contributed by atoms with Crippen LogP contribution in [0.4, 0.5) is 5.69 Å². The van der Waals surface area contributed by atoms with Crippen LogP contribution in [0.5, 0.6) is 0 Å². The maximum Gasteiger partial charge on any atom is 0.325 e. The summed E-state index contributed by atoms with van der Waals surface area (Å²) in [6, 6.07) is 5.13. The van der Waals surface area contributed by atoms with Gasteiger partial charge >= 0.3 is 5.97 Å². The molecular weight excluding hydrogens is 280 g/mol. The van der Waals surface area contributed by atoms with Gasteiger partial charge in [0, 0.05) is 23.8 Å². The van der Waals surface area contributed by atoms with Crippen molar-refractivity contribution in [2.45, 2.75) is 0 Å². The number of carbonyl (C=O) groups is 3. The van der Waals surface area contributed by atoms with E-state index in [4.69, 9.17) is 0 Å². The van der Waals surface area contributed by atoms with Crippen LogP contribution in [-0.2, 0) is 14.3 Å². The van der Waals surface area contributed by atoms with Crippen molar-refractivity contribution in [3.05, 3.63) is 52.1 Å². The number of nitrogens with one attached hydrogen (secondary N) is 1. The fourth-order valence-electron chi connectivity index (χ4n) is 1.31. The molecule has 0 aromatic heterocycles. The first-order valence-corrected chi connectivity index (χ1v) is 5.75. The summed E-state index contributed by atoms with van der Waals surface area (Å²) in [6.07, 6.45) is 1.90. The molecule has 1 rings (SSSR count). The van der Waals surface area contributed by atoms with E-state index in [2.05, 4.69) is 10.1 Å². The Bertz CT molecular complexity index is 608. The molecule has 1 aromatic carbocycles. The van der Waals surface area contributed by atoms with Gasteiger partial charge in [0.1, 0.15) is 6.54 Å². The van der Waals surface area contributed by atoms with Crippen LogP contribution < -0.4 is 5.32 Å². The van der Waals surface area contributed by atoms with Crippen LogP contribution in [0.1, 0.15) is 10.4 Å². The molecule has 8 nitrogen and oxygen atoms in total. The van der Waals surface area contributed by atoms with E-state index in [0.717, 1.165) is 18.2 Å². The van der Waals surface area contributed by atoms with Crippen LogP contribution in [0.15, 0.2) is 36.4 Å². The largest absolute Gasteiger partial charge is 0.468 e. The van der Waals surface area contributed by atoms with Crippen molar-refractivity contribution in [3.8, 4) is 0 Å². The van der Waals surface area contributed by atoms with Crippen LogP contribution in [-0.4, -0.2) is 36.2 Å². The Morgan fingerprint density at radius 3 is 2.67 bits per heavy atom. The van der Waals surface area contributed by atoms with Crippen molar-refractivity contribution in [1.29, 1.82) is 0 Å². The van der Waals surface area contributed by atoms with Crippen molar-refractivity contribution in [1.82, 2.24) is 5.32 Å². The summed E-state index contributed by atoms with van der Waals surface area (Å²) < 4.78 is 4.32. The molecule has 0 aliphatic heterocycles. The molecule has 1 amide bonds. The predicted octanol–water partition coefficient (Wildman–Crippen LogP) is 0.623. The number of benzene rings is 1. The zero-order chi connectivity index (χ0) is 15.8. The molecule has 0 unspecified atom stereocenters. The lowest BCUT2D eigenvalue weighted by Crippen LogP contribution is -2.28. The Morgan fingerprint density at radius 1 is 1.33 bits per heavy atom. The minimum absolute atomic E-state index is 0.0845. The van der Waals surface area contributed by atoms with Gasteiger partial charge < -0.3 is 10.1 Å². The summed E-state index contributed by atoms with van der Waals surface area (Å²) in [5.41, 5.74) is -0.134. The van der Waals surface area contributed by atoms with Gasteiger partial charge in [-0.05, 0) is 6.08 Å². The quantitative estimate of drug-likeness (QED) is 0.270. The Hall–Kier alpha value is -3.03. The molecule has 110 valence electrons. The fraction of sp³-hybridized carbons (Fsp3) is 0.154. The second kappa shape index (κ2) is 7.53. The molecule has 8 heteroatoms. The molecule has 0 spiro atoms. The van der Waals surface area contributed by atoms with Gasteiger partial charge in [-0.1, -0.05) is 12.1 Å². The van der Waals surface area contributed by atoms with Gasteiger partial charge in [-0.25, -0.2) is 0 Å². The van der Waals surface area contributed by atoms with Crippen LogP contribution in [0.25, 0.3) is 0 Å². The Morgan fingerprint density at radius 2 is 2.05 bits per heavy atom. The third-order valence-corrected chi connectivity index (χ3v) is 2.36. The van der Waals surface area contributed by atoms with E-state index in [1.54, 1.807) is 0 Å². The Labute approximate surface area is 119 Å². The molecular formula is C13H12N2O6. The van der Waals surface area contributed by atoms with E-state index >= 15 is 0 Å². The Kier molecular flexibility index (Phi) is 5.75. The standard InChI is InChI=1S/C13H12N2O6/c1-21-13(18)8-14-12(17)6-5-11(16)9-3-2-4-10(7-9)15(19)20/h2-7H,8H2,1H3,(H,14,17). The van der Waals surface area contributed by atoms with Gasteiger partial charge in [-0.2, -0.15) is 0 Å². The second-order valence-electron chi connectivity index (χ2n) is 3.80. The first-order chi connectivity index (χ1) is 9.93. The summed E-state index contributed by atoms with van der Waals surface area (Å²) in [7, 11) is 1.18. The lowest BCUT2D eigenvalue weighted by molar-refractivity contribution is -0.384. The maximum atomic E-state index is 11.7. The highest BCUT2D eigenvalue weighted by atomic mass is 16.6. The lowest BCUT2D eigenvalue weighted by atomic mass is 10.1. The fourth-order valence-corrected chi connectivity index (χ4v) is 1.31. The number of carbonyl (C=O) groups excluding carboxylic acids is 3. The van der Waals surface area contributed by atoms with Gasteiger partial charge in [0.25, 0.3) is 5.69 Å². The number of rotatable bonds is 6. The third kappa shape index (κ3) is 5.23. The van der Waals surface area contributed by atoms with E-state index in [9.17, 15) is 24.5 Å². The smallest absolute Gasteiger partial charge is 0.325 e. The number of nitro groups is 1. The number of ketones is 1. The molecule has 0 fully saturated rings. The number of amides is 1. The number of methoxy groups -OCH3 is 1. The zero-order valence-electron chi connectivity index (χ0n) is 11.1. The SMILES string of the molecule is COC(=O)CNC(=O)C=CC(=O)c1cccc([N+](=O)[O-])c1. The number of nitrogens with zero attached hydrogens (tertiary/aromatic N) is 1. The molecule has 0 saturated carbocycles. The zero-order valence-corrected chi connectivity index (χ0v) is 11.1. The van der Waals surface area contributed by atoms with Gasteiger partial charge in [0.2, 0.25) is 5.91 Å². The summed E-state index contributed by atoms with van der Waals surface area (Å²) in [5.74, 6) is -1.84. The number of ether oxygens (including phenoxy) is 1. The second-order valence-corrected chi connectivity index (χ2v) is 3.80. The summed E-state index contributed by atoms with van der Waals surface area (Å²) in [5, 5.41) is 12.8. The lowest BCUT2D eigenvalue weighted by Gasteiger charge is -1.99. The third-order valence-electron chi connectivity index (χ3n) is 2.36. The van der Waals surface area contributed by atoms with Crippen LogP contribution >= 0.6 is 0 Å². The number of hydrogen-bond acceptors (Lipinski definition) is 6. The summed E-state index contributed by atoms with van der Waals surface area (Å²) in [4.78, 5) is 43.8. The molecule has 21 heavy (non-hydrogen) atoms.